The van der Waals surface area contributed by atoms with Crippen LogP contribution in [0.15, 0.2) is 54.6 Å². The van der Waals surface area contributed by atoms with Crippen LogP contribution in [0.1, 0.15) is 53.0 Å². The lowest BCUT2D eigenvalue weighted by Crippen LogP contribution is -2.52. The molecule has 0 aliphatic heterocycles. The van der Waals surface area contributed by atoms with Crippen molar-refractivity contribution in [1.82, 2.24) is 5.32 Å². The lowest BCUT2D eigenvalue weighted by molar-refractivity contribution is -0.121. The number of carbonyl (C=O) groups is 2. The molecule has 0 aliphatic rings. The molecule has 1 atom stereocenters. The predicted octanol–water partition coefficient (Wildman–Crippen LogP) is 4.73. The van der Waals surface area contributed by atoms with Crippen LogP contribution in [0.4, 0.5) is 5.69 Å². The normalized spacial score (nSPS) is 12.3. The smallest absolute Gasteiger partial charge is 0.224 e. The van der Waals surface area contributed by atoms with Crippen LogP contribution in [0.25, 0.3) is 0 Å². The van der Waals surface area contributed by atoms with Crippen LogP contribution in [0.3, 0.4) is 0 Å². The molecule has 0 aliphatic carbocycles. The zero-order chi connectivity index (χ0) is 25.1. The average molecular weight is 467 g/mol. The van der Waals surface area contributed by atoms with Crippen molar-refractivity contribution in [2.45, 2.75) is 59.6 Å². The highest BCUT2D eigenvalue weighted by Crippen LogP contribution is 2.23. The number of amides is 2. The number of rotatable bonds is 14. The van der Waals surface area contributed by atoms with Crippen LogP contribution >= 0.6 is 0 Å². The largest absolute Gasteiger partial charge is 0.489 e. The Balaban J connectivity index is 2.01. The summed E-state index contributed by atoms with van der Waals surface area (Å²) in [6.45, 7) is 12.2. The third kappa shape index (κ3) is 9.86. The lowest BCUT2D eigenvalue weighted by atomic mass is 10.0. The molecule has 185 valence electrons. The molecule has 0 aromatic heterocycles. The van der Waals surface area contributed by atoms with Gasteiger partial charge in [-0.1, -0.05) is 51.1 Å². The maximum atomic E-state index is 12.4. The van der Waals surface area contributed by atoms with E-state index in [1.54, 1.807) is 6.92 Å². The van der Waals surface area contributed by atoms with Gasteiger partial charge in [0.25, 0.3) is 0 Å². The van der Waals surface area contributed by atoms with Crippen molar-refractivity contribution in [3.05, 3.63) is 66.6 Å². The minimum atomic E-state index is -0.469. The maximum absolute atomic E-state index is 12.4. The molecule has 0 heterocycles. The van der Waals surface area contributed by atoms with Gasteiger partial charge < -0.3 is 20.7 Å². The van der Waals surface area contributed by atoms with E-state index in [-0.39, 0.29) is 11.8 Å². The van der Waals surface area contributed by atoms with Crippen molar-refractivity contribution in [2.75, 3.05) is 18.0 Å². The van der Waals surface area contributed by atoms with Crippen molar-refractivity contribution in [3.63, 3.8) is 0 Å². The number of carbonyl (C=O) groups excluding carboxylic acids is 2. The molecule has 34 heavy (non-hydrogen) atoms. The van der Waals surface area contributed by atoms with Gasteiger partial charge in [0, 0.05) is 24.7 Å². The van der Waals surface area contributed by atoms with Crippen molar-refractivity contribution in [2.24, 2.45) is 17.6 Å². The number of anilines is 1. The highest BCUT2D eigenvalue weighted by molar-refractivity contribution is 5.86. The molecule has 0 fully saturated rings. The Morgan fingerprint density at radius 1 is 1.06 bits per heavy atom. The molecule has 6 nitrogen and oxygen atoms in total. The Morgan fingerprint density at radius 2 is 1.71 bits per heavy atom. The van der Waals surface area contributed by atoms with Gasteiger partial charge in [0.1, 0.15) is 12.4 Å². The molecule has 2 aromatic rings. The zero-order valence-corrected chi connectivity index (χ0v) is 21.2. The monoisotopic (exact) mass is 466 g/mol. The number of hydrogen-bond acceptors (Lipinski definition) is 4. The number of ether oxygens (including phenoxy) is 1. The van der Waals surface area contributed by atoms with E-state index in [1.807, 2.05) is 56.3 Å². The predicted molar refractivity (Wildman–Crippen MR) is 138 cm³/mol. The molecule has 0 saturated carbocycles. The maximum Gasteiger partial charge on any atom is 0.224 e. The molecule has 1 radical (unpaired) electrons. The second-order valence-electron chi connectivity index (χ2n) is 9.99. The number of primary amides is 1. The Morgan fingerprint density at radius 3 is 2.29 bits per heavy atom. The van der Waals surface area contributed by atoms with Gasteiger partial charge in [0.15, 0.2) is 0 Å². The summed E-state index contributed by atoms with van der Waals surface area (Å²) in [5, 5.41) is 3.08. The van der Waals surface area contributed by atoms with Gasteiger partial charge in [0.2, 0.25) is 11.8 Å². The molecule has 2 aromatic carbocycles. The molecule has 1 unspecified atom stereocenters. The Kier molecular flexibility index (Phi) is 10.4. The summed E-state index contributed by atoms with van der Waals surface area (Å²) in [6.07, 6.45) is 2.88. The van der Waals surface area contributed by atoms with E-state index < -0.39 is 11.4 Å². The highest BCUT2D eigenvalue weighted by atomic mass is 16.5. The van der Waals surface area contributed by atoms with Crippen molar-refractivity contribution in [3.8, 4) is 5.75 Å². The number of nitrogens with one attached hydrogen (secondary N) is 1. The average Bonchev–Trinajstić information content (AvgIpc) is 2.79. The van der Waals surface area contributed by atoms with E-state index in [1.165, 1.54) is 6.42 Å². The SMILES string of the molecule is CC(C)CCN(CC(C)(C)NC(=O)[CH]CC(C)C(N)=O)c1ccc(OCc2ccccc2)cc1. The Bertz CT molecular complexity index is 895. The number of hydrogen-bond donors (Lipinski definition) is 2. The van der Waals surface area contributed by atoms with Gasteiger partial charge >= 0.3 is 0 Å². The first-order valence-corrected chi connectivity index (χ1v) is 12.0. The van der Waals surface area contributed by atoms with Crippen LogP contribution < -0.4 is 20.7 Å². The second-order valence-corrected chi connectivity index (χ2v) is 9.99. The zero-order valence-electron chi connectivity index (χ0n) is 21.2. The number of benzene rings is 2. The minimum Gasteiger partial charge on any atom is -0.489 e. The van der Waals surface area contributed by atoms with E-state index in [0.717, 1.165) is 30.0 Å². The van der Waals surface area contributed by atoms with Gasteiger partial charge in [-0.3, -0.25) is 9.59 Å². The first-order valence-electron chi connectivity index (χ1n) is 12.0. The fourth-order valence-electron chi connectivity index (χ4n) is 3.51. The van der Waals surface area contributed by atoms with Crippen LogP contribution in [-0.2, 0) is 16.2 Å². The topological polar surface area (TPSA) is 84.7 Å². The van der Waals surface area contributed by atoms with Crippen LogP contribution in [0.2, 0.25) is 0 Å². The number of nitrogens with two attached hydrogens (primary N) is 1. The van der Waals surface area contributed by atoms with Gasteiger partial charge in [-0.25, -0.2) is 0 Å². The molecule has 0 spiro atoms. The van der Waals surface area contributed by atoms with Gasteiger partial charge in [0.05, 0.1) is 12.0 Å². The van der Waals surface area contributed by atoms with Crippen LogP contribution in [0.5, 0.6) is 5.75 Å². The fourth-order valence-corrected chi connectivity index (χ4v) is 3.51. The fraction of sp³-hybridized carbons (Fsp3) is 0.464. The van der Waals surface area contributed by atoms with Crippen LogP contribution in [-0.4, -0.2) is 30.4 Å². The summed E-state index contributed by atoms with van der Waals surface area (Å²) in [6, 6.07) is 18.2. The van der Waals surface area contributed by atoms with Crippen molar-refractivity contribution < 1.29 is 14.3 Å². The molecule has 0 saturated heterocycles. The summed E-state index contributed by atoms with van der Waals surface area (Å²) in [4.78, 5) is 26.0. The third-order valence-corrected chi connectivity index (χ3v) is 5.62. The molecule has 2 rings (SSSR count). The van der Waals surface area contributed by atoms with E-state index in [2.05, 4.69) is 36.2 Å². The molecule has 6 heteroatoms. The van der Waals surface area contributed by atoms with Crippen molar-refractivity contribution >= 4 is 17.5 Å². The quantitative estimate of drug-likeness (QED) is 0.422. The first-order chi connectivity index (χ1) is 16.1. The van der Waals surface area contributed by atoms with Crippen LogP contribution in [0, 0.1) is 18.3 Å². The summed E-state index contributed by atoms with van der Waals surface area (Å²) >= 11 is 0. The first kappa shape index (κ1) is 27.2. The van der Waals surface area contributed by atoms with E-state index in [9.17, 15) is 9.59 Å². The Hall–Kier alpha value is -3.02. The van der Waals surface area contributed by atoms with E-state index >= 15 is 0 Å². The third-order valence-electron chi connectivity index (χ3n) is 5.62. The lowest BCUT2D eigenvalue weighted by Gasteiger charge is -2.35. The van der Waals surface area contributed by atoms with Crippen molar-refractivity contribution in [1.29, 1.82) is 0 Å². The molecular formula is C28H40N3O3. The number of nitrogens with zero attached hydrogens (tertiary/aromatic N) is 1. The summed E-state index contributed by atoms with van der Waals surface area (Å²) in [5.74, 6) is 0.435. The second kappa shape index (κ2) is 13.0. The van der Waals surface area contributed by atoms with E-state index in [4.69, 9.17) is 10.5 Å². The molecule has 3 N–H and O–H groups in total. The highest BCUT2D eigenvalue weighted by Gasteiger charge is 2.25. The summed E-state index contributed by atoms with van der Waals surface area (Å²) < 4.78 is 5.93. The molecule has 2 amide bonds. The molecular weight excluding hydrogens is 426 g/mol. The summed E-state index contributed by atoms with van der Waals surface area (Å²) in [7, 11) is 0. The van der Waals surface area contributed by atoms with Gasteiger partial charge in [-0.2, -0.15) is 0 Å². The standard InChI is InChI=1S/C28H40N3O3/c1-21(2)17-18-31(20-28(4,5)30-26(32)16-11-22(3)27(29)33)24-12-14-25(15-13-24)34-19-23-9-7-6-8-10-23/h6-10,12-16,21-22H,11,17-20H2,1-5H3,(H2,29,33)(H,30,32). The molecule has 0 bridgehead atoms. The Labute approximate surface area is 204 Å². The van der Waals surface area contributed by atoms with Gasteiger partial charge in [-0.05, 0) is 62.4 Å². The van der Waals surface area contributed by atoms with Gasteiger partial charge in [-0.15, -0.1) is 0 Å². The summed E-state index contributed by atoms with van der Waals surface area (Å²) in [5.41, 5.74) is 7.03. The minimum absolute atomic E-state index is 0.188. The van der Waals surface area contributed by atoms with E-state index in [0.29, 0.717) is 25.5 Å².